The van der Waals surface area contributed by atoms with Gasteiger partial charge >= 0.3 is 0 Å². The Morgan fingerprint density at radius 2 is 2.05 bits per heavy atom. The first kappa shape index (κ1) is 13.7. The maximum atomic E-state index is 5.30. The molecule has 0 saturated heterocycles. The molecule has 0 atom stereocenters. The monoisotopic (exact) mass is 304 g/mol. The molecule has 2 aromatic heterocycles. The van der Waals surface area contributed by atoms with E-state index >= 15 is 0 Å². The molecule has 1 N–H and O–H groups in total. The summed E-state index contributed by atoms with van der Waals surface area (Å²) in [6.07, 6.45) is 1.91. The Morgan fingerprint density at radius 3 is 2.76 bits per heavy atom. The average Bonchev–Trinajstić information content (AvgIpc) is 3.01. The predicted molar refractivity (Wildman–Crippen MR) is 82.5 cm³/mol. The number of benzene rings is 1. The quantitative estimate of drug-likeness (QED) is 0.785. The molecule has 0 aliphatic heterocycles. The van der Waals surface area contributed by atoms with E-state index in [-0.39, 0.29) is 0 Å². The van der Waals surface area contributed by atoms with Crippen LogP contribution in [0.4, 0.5) is 5.13 Å². The number of rotatable bonds is 5. The van der Waals surface area contributed by atoms with Crippen molar-refractivity contribution < 1.29 is 9.47 Å². The summed E-state index contributed by atoms with van der Waals surface area (Å²) in [6.45, 7) is 2.62. The van der Waals surface area contributed by atoms with E-state index < -0.39 is 0 Å². The molecule has 0 aliphatic rings. The van der Waals surface area contributed by atoms with Gasteiger partial charge in [-0.05, 0) is 24.6 Å². The second-order valence-electron chi connectivity index (χ2n) is 4.56. The van der Waals surface area contributed by atoms with Crippen molar-refractivity contribution in [2.45, 2.75) is 13.5 Å². The van der Waals surface area contributed by atoms with Gasteiger partial charge in [0.2, 0.25) is 10.1 Å². The third kappa shape index (κ3) is 2.78. The largest absolute Gasteiger partial charge is 0.493 e. The van der Waals surface area contributed by atoms with Crippen LogP contribution in [-0.4, -0.2) is 28.8 Å². The van der Waals surface area contributed by atoms with E-state index in [0.29, 0.717) is 6.54 Å². The summed E-state index contributed by atoms with van der Waals surface area (Å²) in [5.41, 5.74) is 2.07. The fourth-order valence-corrected chi connectivity index (χ4v) is 2.87. The highest BCUT2D eigenvalue weighted by Gasteiger charge is 2.07. The first-order valence-corrected chi connectivity index (χ1v) is 7.29. The van der Waals surface area contributed by atoms with Crippen molar-refractivity contribution in [1.82, 2.24) is 14.6 Å². The Bertz CT molecular complexity index is 734. The van der Waals surface area contributed by atoms with Crippen LogP contribution in [0.1, 0.15) is 11.3 Å². The number of hydrogen-bond acceptors (Lipinski definition) is 6. The topological polar surface area (TPSA) is 60.7 Å². The summed E-state index contributed by atoms with van der Waals surface area (Å²) in [4.78, 5) is 5.27. The summed E-state index contributed by atoms with van der Waals surface area (Å²) in [6, 6.07) is 5.85. The third-order valence-corrected chi connectivity index (χ3v) is 3.94. The van der Waals surface area contributed by atoms with E-state index in [2.05, 4.69) is 15.4 Å². The number of hydrogen-bond donors (Lipinski definition) is 1. The predicted octanol–water partition coefficient (Wildman–Crippen LogP) is 2.73. The van der Waals surface area contributed by atoms with E-state index in [1.807, 2.05) is 31.3 Å². The van der Waals surface area contributed by atoms with Gasteiger partial charge in [0.25, 0.3) is 0 Å². The lowest BCUT2D eigenvalue weighted by Gasteiger charge is -2.09. The van der Waals surface area contributed by atoms with Crippen LogP contribution in [0.2, 0.25) is 0 Å². The summed E-state index contributed by atoms with van der Waals surface area (Å²) < 4.78 is 12.3. The van der Waals surface area contributed by atoms with Crippen molar-refractivity contribution in [1.29, 1.82) is 0 Å². The fraction of sp³-hybridized carbons (Fsp3) is 0.286. The second-order valence-corrected chi connectivity index (χ2v) is 5.52. The number of imidazole rings is 1. The molecule has 0 unspecified atom stereocenters. The molecule has 0 bridgehead atoms. The Morgan fingerprint density at radius 1 is 1.24 bits per heavy atom. The summed E-state index contributed by atoms with van der Waals surface area (Å²) in [5, 5.41) is 8.57. The fourth-order valence-electron chi connectivity index (χ4n) is 2.05. The lowest BCUT2D eigenvalue weighted by Crippen LogP contribution is -2.00. The maximum Gasteiger partial charge on any atom is 0.214 e. The van der Waals surface area contributed by atoms with E-state index in [0.717, 1.165) is 32.8 Å². The van der Waals surface area contributed by atoms with Crippen molar-refractivity contribution in [3.63, 3.8) is 0 Å². The van der Waals surface area contributed by atoms with Gasteiger partial charge < -0.3 is 14.8 Å². The van der Waals surface area contributed by atoms with Crippen molar-refractivity contribution in [2.24, 2.45) is 0 Å². The van der Waals surface area contributed by atoms with Crippen LogP contribution in [-0.2, 0) is 6.54 Å². The minimum absolute atomic E-state index is 0.663. The van der Waals surface area contributed by atoms with Gasteiger partial charge in [0.1, 0.15) is 0 Å². The standard InChI is InChI=1S/C14H16N4O2S/c1-9-8-18-14(16-9)21-13(17-18)15-7-10-4-5-11(19-2)12(6-10)20-3/h4-6,8H,7H2,1-3H3,(H,15,17). The number of aryl methyl sites for hydroxylation is 1. The van der Waals surface area contributed by atoms with Gasteiger partial charge in [-0.25, -0.2) is 9.50 Å². The van der Waals surface area contributed by atoms with E-state index in [9.17, 15) is 0 Å². The number of nitrogens with zero attached hydrogens (tertiary/aromatic N) is 3. The molecule has 0 fully saturated rings. The van der Waals surface area contributed by atoms with Crippen LogP contribution in [0.15, 0.2) is 24.4 Å². The zero-order chi connectivity index (χ0) is 14.8. The van der Waals surface area contributed by atoms with Gasteiger partial charge in [-0.2, -0.15) is 0 Å². The van der Waals surface area contributed by atoms with Gasteiger partial charge in [0.15, 0.2) is 11.5 Å². The van der Waals surface area contributed by atoms with Gasteiger partial charge in [0, 0.05) is 6.54 Å². The van der Waals surface area contributed by atoms with Gasteiger partial charge in [-0.1, -0.05) is 17.4 Å². The van der Waals surface area contributed by atoms with Gasteiger partial charge in [0.05, 0.1) is 26.1 Å². The molecule has 1 aromatic carbocycles. The van der Waals surface area contributed by atoms with Crippen molar-refractivity contribution in [3.8, 4) is 11.5 Å². The molecule has 0 radical (unpaired) electrons. The number of aromatic nitrogens is 3. The van der Waals surface area contributed by atoms with E-state index in [1.54, 1.807) is 18.7 Å². The highest BCUT2D eigenvalue weighted by atomic mass is 32.1. The molecule has 0 saturated carbocycles. The molecule has 0 spiro atoms. The highest BCUT2D eigenvalue weighted by Crippen LogP contribution is 2.28. The second kappa shape index (κ2) is 5.61. The van der Waals surface area contributed by atoms with Crippen LogP contribution in [0.3, 0.4) is 0 Å². The SMILES string of the molecule is COc1ccc(CNc2nn3cc(C)nc3s2)cc1OC. The van der Waals surface area contributed by atoms with Gasteiger partial charge in [-0.3, -0.25) is 0 Å². The number of ether oxygens (including phenoxy) is 2. The molecule has 0 aliphatic carbocycles. The highest BCUT2D eigenvalue weighted by molar-refractivity contribution is 7.20. The molecule has 0 amide bonds. The lowest BCUT2D eigenvalue weighted by atomic mass is 10.2. The summed E-state index contributed by atoms with van der Waals surface area (Å²) in [7, 11) is 3.26. The van der Waals surface area contributed by atoms with Crippen LogP contribution >= 0.6 is 11.3 Å². The number of anilines is 1. The first-order chi connectivity index (χ1) is 10.2. The van der Waals surface area contributed by atoms with Crippen LogP contribution in [0, 0.1) is 6.92 Å². The zero-order valence-electron chi connectivity index (χ0n) is 12.1. The van der Waals surface area contributed by atoms with Crippen LogP contribution in [0.25, 0.3) is 4.96 Å². The Balaban J connectivity index is 1.73. The number of methoxy groups -OCH3 is 2. The molecule has 2 heterocycles. The smallest absolute Gasteiger partial charge is 0.214 e. The average molecular weight is 304 g/mol. The normalized spacial score (nSPS) is 10.8. The Hall–Kier alpha value is -2.28. The minimum atomic E-state index is 0.663. The van der Waals surface area contributed by atoms with Gasteiger partial charge in [-0.15, -0.1) is 5.10 Å². The molecule has 3 aromatic rings. The van der Waals surface area contributed by atoms with Crippen molar-refractivity contribution in [3.05, 3.63) is 35.7 Å². The first-order valence-electron chi connectivity index (χ1n) is 6.47. The van der Waals surface area contributed by atoms with E-state index in [4.69, 9.17) is 9.47 Å². The zero-order valence-corrected chi connectivity index (χ0v) is 12.9. The van der Waals surface area contributed by atoms with Crippen LogP contribution in [0.5, 0.6) is 11.5 Å². The van der Waals surface area contributed by atoms with E-state index in [1.165, 1.54) is 11.3 Å². The molecule has 3 rings (SSSR count). The molecule has 6 nitrogen and oxygen atoms in total. The molecule has 7 heteroatoms. The molecule has 110 valence electrons. The van der Waals surface area contributed by atoms with Crippen LogP contribution < -0.4 is 14.8 Å². The van der Waals surface area contributed by atoms with Crippen molar-refractivity contribution >= 4 is 21.4 Å². The number of nitrogens with one attached hydrogen (secondary N) is 1. The molecule has 21 heavy (non-hydrogen) atoms. The molecular formula is C14H16N4O2S. The summed E-state index contributed by atoms with van der Waals surface area (Å²) >= 11 is 1.53. The number of fused-ring (bicyclic) bond motifs is 1. The lowest BCUT2D eigenvalue weighted by molar-refractivity contribution is 0.354. The Kier molecular flexibility index (Phi) is 3.66. The molecular weight excluding hydrogens is 288 g/mol. The third-order valence-electron chi connectivity index (χ3n) is 3.06. The minimum Gasteiger partial charge on any atom is -0.493 e. The maximum absolute atomic E-state index is 5.30. The van der Waals surface area contributed by atoms with Crippen molar-refractivity contribution in [2.75, 3.05) is 19.5 Å². The summed E-state index contributed by atoms with van der Waals surface area (Å²) in [5.74, 6) is 1.45. The Labute approximate surface area is 126 Å².